The molecule has 2 bridgehead atoms. The standard InChI is InChI=1S/C14H12F/c15-13-6-4-11(5-7-13)14-8-2-10-1-3-12(14)9-10/h1-8,10,12H,9H2/q+1. The van der Waals surface area contributed by atoms with E-state index >= 15 is 0 Å². The molecule has 0 aromatic heterocycles. The number of rotatable bonds is 1. The van der Waals surface area contributed by atoms with E-state index in [4.69, 9.17) is 0 Å². The Hall–Kier alpha value is -1.50. The molecular weight excluding hydrogens is 187 g/mol. The van der Waals surface area contributed by atoms with E-state index in [-0.39, 0.29) is 5.82 Å². The molecule has 2 aliphatic carbocycles. The maximum Gasteiger partial charge on any atom is 0.142 e. The highest BCUT2D eigenvalue weighted by atomic mass is 19.1. The Morgan fingerprint density at radius 3 is 2.67 bits per heavy atom. The van der Waals surface area contributed by atoms with Gasteiger partial charge in [0.05, 0.1) is 11.5 Å². The van der Waals surface area contributed by atoms with E-state index in [0.29, 0.717) is 11.8 Å². The van der Waals surface area contributed by atoms with Crippen molar-refractivity contribution in [2.75, 3.05) is 0 Å². The highest BCUT2D eigenvalue weighted by Crippen LogP contribution is 2.40. The van der Waals surface area contributed by atoms with Gasteiger partial charge in [-0.15, -0.1) is 0 Å². The minimum absolute atomic E-state index is 0.168. The van der Waals surface area contributed by atoms with Crippen LogP contribution in [-0.2, 0) is 0 Å². The number of halogens is 1. The third-order valence-electron chi connectivity index (χ3n) is 3.22. The topological polar surface area (TPSA) is 0 Å². The molecule has 0 amide bonds. The molecule has 2 aliphatic rings. The van der Waals surface area contributed by atoms with E-state index in [1.165, 1.54) is 24.5 Å². The molecule has 3 rings (SSSR count). The summed E-state index contributed by atoms with van der Waals surface area (Å²) in [6.45, 7) is 0. The fourth-order valence-corrected chi connectivity index (χ4v) is 2.40. The van der Waals surface area contributed by atoms with Gasteiger partial charge in [0.25, 0.3) is 0 Å². The van der Waals surface area contributed by atoms with Crippen LogP contribution in [0.4, 0.5) is 4.39 Å². The molecule has 0 saturated heterocycles. The lowest BCUT2D eigenvalue weighted by atomic mass is 9.80. The summed E-state index contributed by atoms with van der Waals surface area (Å²) in [5, 5.41) is 0. The van der Waals surface area contributed by atoms with Gasteiger partial charge >= 0.3 is 0 Å². The molecule has 1 aromatic rings. The minimum Gasteiger partial charge on any atom is -0.205 e. The van der Waals surface area contributed by atoms with Crippen LogP contribution in [0.25, 0.3) is 0 Å². The van der Waals surface area contributed by atoms with Crippen molar-refractivity contribution in [2.24, 2.45) is 11.8 Å². The zero-order valence-corrected chi connectivity index (χ0v) is 8.36. The normalized spacial score (nSPS) is 27.4. The summed E-state index contributed by atoms with van der Waals surface area (Å²) >= 11 is 0. The summed E-state index contributed by atoms with van der Waals surface area (Å²) in [7, 11) is 0. The Bertz CT molecular complexity index is 413. The molecule has 2 unspecified atom stereocenters. The van der Waals surface area contributed by atoms with Gasteiger partial charge in [-0.25, -0.2) is 4.39 Å². The van der Waals surface area contributed by atoms with Gasteiger partial charge in [0.1, 0.15) is 5.82 Å². The number of allylic oxidation sites excluding steroid dienone is 4. The van der Waals surface area contributed by atoms with Crippen LogP contribution < -0.4 is 0 Å². The zero-order valence-electron chi connectivity index (χ0n) is 8.36. The van der Waals surface area contributed by atoms with Crippen molar-refractivity contribution in [3.63, 3.8) is 0 Å². The second-order valence-electron chi connectivity index (χ2n) is 4.21. The molecule has 0 fully saturated rings. The second kappa shape index (κ2) is 3.27. The van der Waals surface area contributed by atoms with Crippen LogP contribution in [0.2, 0.25) is 0 Å². The van der Waals surface area contributed by atoms with E-state index in [1.54, 1.807) is 0 Å². The lowest BCUT2D eigenvalue weighted by Crippen LogP contribution is -2.12. The number of hydrogen-bond acceptors (Lipinski definition) is 0. The number of hydrogen-bond donors (Lipinski definition) is 0. The van der Waals surface area contributed by atoms with E-state index in [9.17, 15) is 4.39 Å². The van der Waals surface area contributed by atoms with Crippen molar-refractivity contribution in [1.82, 2.24) is 0 Å². The van der Waals surface area contributed by atoms with E-state index in [0.717, 1.165) is 5.56 Å². The molecule has 15 heavy (non-hydrogen) atoms. The van der Waals surface area contributed by atoms with Crippen molar-refractivity contribution in [2.45, 2.75) is 6.42 Å². The largest absolute Gasteiger partial charge is 0.205 e. The third-order valence-corrected chi connectivity index (χ3v) is 3.22. The second-order valence-corrected chi connectivity index (χ2v) is 4.21. The molecule has 0 heterocycles. The summed E-state index contributed by atoms with van der Waals surface area (Å²) in [6.07, 6.45) is 10.1. The predicted octanol–water partition coefficient (Wildman–Crippen LogP) is 3.51. The highest BCUT2D eigenvalue weighted by Gasteiger charge is 2.33. The van der Waals surface area contributed by atoms with Gasteiger partial charge in [0.2, 0.25) is 0 Å². The molecule has 0 spiro atoms. The van der Waals surface area contributed by atoms with Crippen LogP contribution in [0.1, 0.15) is 12.0 Å². The first-order valence-electron chi connectivity index (χ1n) is 5.32. The monoisotopic (exact) mass is 199 g/mol. The van der Waals surface area contributed by atoms with Crippen molar-refractivity contribution in [3.8, 4) is 0 Å². The molecule has 74 valence electrons. The first-order valence-corrected chi connectivity index (χ1v) is 5.32. The third kappa shape index (κ3) is 1.48. The van der Waals surface area contributed by atoms with Gasteiger partial charge in [-0.05, 0) is 12.5 Å². The quantitative estimate of drug-likeness (QED) is 0.479. The van der Waals surface area contributed by atoms with Crippen molar-refractivity contribution < 1.29 is 4.39 Å². The van der Waals surface area contributed by atoms with Gasteiger partial charge < -0.3 is 0 Å². The average molecular weight is 199 g/mol. The lowest BCUT2D eigenvalue weighted by molar-refractivity contribution is 0.597. The maximum absolute atomic E-state index is 12.8. The Kier molecular flexibility index (Phi) is 1.91. The lowest BCUT2D eigenvalue weighted by Gasteiger charge is -2.18. The molecule has 2 atom stereocenters. The van der Waals surface area contributed by atoms with Gasteiger partial charge in [-0.2, -0.15) is 0 Å². The molecule has 0 nitrogen and oxygen atoms in total. The van der Waals surface area contributed by atoms with E-state index < -0.39 is 0 Å². The van der Waals surface area contributed by atoms with Crippen LogP contribution in [0, 0.1) is 23.6 Å². The van der Waals surface area contributed by atoms with Gasteiger partial charge in [0, 0.05) is 42.2 Å². The SMILES string of the molecule is Fc1ccc([C+]2C=CC3C=CC2C3)cc1. The Labute approximate surface area is 89.1 Å². The minimum atomic E-state index is -0.168. The van der Waals surface area contributed by atoms with Crippen molar-refractivity contribution in [1.29, 1.82) is 0 Å². The van der Waals surface area contributed by atoms with Crippen LogP contribution in [0.5, 0.6) is 0 Å². The van der Waals surface area contributed by atoms with E-state index in [2.05, 4.69) is 24.3 Å². The molecule has 0 aliphatic heterocycles. The van der Waals surface area contributed by atoms with Crippen LogP contribution in [0.3, 0.4) is 0 Å². The van der Waals surface area contributed by atoms with Crippen LogP contribution in [-0.4, -0.2) is 0 Å². The van der Waals surface area contributed by atoms with Crippen molar-refractivity contribution >= 4 is 0 Å². The smallest absolute Gasteiger partial charge is 0.142 e. The molecule has 0 radical (unpaired) electrons. The zero-order chi connectivity index (χ0) is 10.3. The first-order chi connectivity index (χ1) is 7.33. The molecule has 0 N–H and O–H groups in total. The van der Waals surface area contributed by atoms with Crippen LogP contribution >= 0.6 is 0 Å². The summed E-state index contributed by atoms with van der Waals surface area (Å²) in [5.74, 6) is 2.31. The van der Waals surface area contributed by atoms with Crippen molar-refractivity contribution in [3.05, 3.63) is 65.9 Å². The van der Waals surface area contributed by atoms with E-state index in [1.807, 2.05) is 12.1 Å². The maximum atomic E-state index is 12.8. The first kappa shape index (κ1) is 8.78. The Morgan fingerprint density at radius 1 is 1.07 bits per heavy atom. The Balaban J connectivity index is 1.94. The molecule has 0 saturated carbocycles. The summed E-state index contributed by atoms with van der Waals surface area (Å²) in [5.41, 5.74) is 1.14. The number of benzene rings is 1. The molecular formula is C14H12F+. The molecule has 1 aromatic carbocycles. The summed E-state index contributed by atoms with van der Waals surface area (Å²) in [4.78, 5) is 0. The fourth-order valence-electron chi connectivity index (χ4n) is 2.40. The van der Waals surface area contributed by atoms with Crippen LogP contribution in [0.15, 0.2) is 48.6 Å². The predicted molar refractivity (Wildman–Crippen MR) is 58.6 cm³/mol. The highest BCUT2D eigenvalue weighted by molar-refractivity contribution is 5.44. The molecule has 1 heteroatoms. The fraction of sp³-hybridized carbons (Fsp3) is 0.214. The van der Waals surface area contributed by atoms with Gasteiger partial charge in [-0.1, -0.05) is 12.2 Å². The summed E-state index contributed by atoms with van der Waals surface area (Å²) < 4.78 is 12.8. The van der Waals surface area contributed by atoms with Gasteiger partial charge in [0.15, 0.2) is 0 Å². The number of fused-ring (bicyclic) bond motifs is 2. The average Bonchev–Trinajstić information content (AvgIpc) is 2.63. The summed E-state index contributed by atoms with van der Waals surface area (Å²) in [6, 6.07) is 6.78. The van der Waals surface area contributed by atoms with Gasteiger partial charge in [-0.3, -0.25) is 0 Å². The Morgan fingerprint density at radius 2 is 1.87 bits per heavy atom.